The van der Waals surface area contributed by atoms with Crippen molar-refractivity contribution < 1.29 is 9.66 Å². The number of fused-ring (bicyclic) bond motifs is 1. The Hall–Kier alpha value is -2.75. The molecule has 1 aliphatic rings. The van der Waals surface area contributed by atoms with E-state index in [0.29, 0.717) is 12.5 Å². The smallest absolute Gasteiger partial charge is 0.269 e. The van der Waals surface area contributed by atoms with Crippen LogP contribution in [0.25, 0.3) is 10.9 Å². The van der Waals surface area contributed by atoms with Crippen LogP contribution in [0.3, 0.4) is 0 Å². The number of anilines is 1. The average molecular weight is 428 g/mol. The first kappa shape index (κ1) is 20.5. The van der Waals surface area contributed by atoms with E-state index in [0.717, 1.165) is 49.6 Å². The molecule has 0 saturated carbocycles. The van der Waals surface area contributed by atoms with Crippen LogP contribution in [-0.2, 0) is 6.42 Å². The van der Waals surface area contributed by atoms with Crippen LogP contribution in [0, 0.1) is 10.1 Å². The molecule has 0 atom stereocenters. The van der Waals surface area contributed by atoms with Crippen molar-refractivity contribution in [2.75, 3.05) is 43.6 Å². The van der Waals surface area contributed by atoms with Gasteiger partial charge in [0.25, 0.3) is 5.69 Å². The van der Waals surface area contributed by atoms with E-state index in [1.165, 1.54) is 10.9 Å². The highest BCUT2D eigenvalue weighted by Gasteiger charge is 2.18. The normalized spacial score (nSPS) is 14.9. The van der Waals surface area contributed by atoms with E-state index < -0.39 is 0 Å². The number of rotatable bonds is 8. The molecule has 2 aromatic carbocycles. The fourth-order valence-corrected chi connectivity index (χ4v) is 4.40. The van der Waals surface area contributed by atoms with Gasteiger partial charge in [0.05, 0.1) is 4.92 Å². The highest BCUT2D eigenvalue weighted by Crippen LogP contribution is 2.26. The molecule has 0 unspecified atom stereocenters. The molecule has 4 rings (SSSR count). The number of nitrogens with zero attached hydrogens (tertiary/aromatic N) is 3. The Morgan fingerprint density at radius 3 is 2.60 bits per heavy atom. The predicted octanol–water partition coefficient (Wildman–Crippen LogP) is 3.38. The number of nitro benzene ring substituents is 1. The Kier molecular flexibility index (Phi) is 6.41. The molecule has 0 bridgehead atoms. The molecule has 0 aliphatic carbocycles. The second-order valence-electron chi connectivity index (χ2n) is 7.14. The zero-order valence-electron chi connectivity index (χ0n) is 16.6. The number of H-pyrrole nitrogens is 1. The summed E-state index contributed by atoms with van der Waals surface area (Å²) in [5.41, 5.74) is 9.15. The second-order valence-corrected chi connectivity index (χ2v) is 8.15. The van der Waals surface area contributed by atoms with Gasteiger partial charge in [-0.1, -0.05) is 0 Å². The molecule has 3 aromatic rings. The monoisotopic (exact) mass is 427 g/mol. The summed E-state index contributed by atoms with van der Waals surface area (Å²) in [4.78, 5) is 15.9. The van der Waals surface area contributed by atoms with E-state index >= 15 is 0 Å². The molecule has 0 amide bonds. The van der Waals surface area contributed by atoms with E-state index in [1.54, 1.807) is 24.1 Å². The van der Waals surface area contributed by atoms with Crippen LogP contribution in [0.1, 0.15) is 5.56 Å². The molecular weight excluding hydrogens is 402 g/mol. The molecule has 3 N–H and O–H groups in total. The number of benzene rings is 2. The lowest BCUT2D eigenvalue weighted by molar-refractivity contribution is -0.384. The maximum Gasteiger partial charge on any atom is 0.269 e. The minimum atomic E-state index is -0.370. The van der Waals surface area contributed by atoms with Gasteiger partial charge in [0.2, 0.25) is 0 Å². The molecule has 1 fully saturated rings. The molecule has 2 heterocycles. The Balaban J connectivity index is 1.25. The molecule has 0 radical (unpaired) electrons. The van der Waals surface area contributed by atoms with Crippen LogP contribution in [0.5, 0.6) is 5.75 Å². The summed E-state index contributed by atoms with van der Waals surface area (Å²) in [7, 11) is 0. The summed E-state index contributed by atoms with van der Waals surface area (Å²) in [6.07, 6.45) is 2.86. The van der Waals surface area contributed by atoms with Crippen molar-refractivity contribution in [3.05, 3.63) is 64.3 Å². The number of hydrogen-bond donors (Lipinski definition) is 2. The Morgan fingerprint density at radius 2 is 1.90 bits per heavy atom. The Morgan fingerprint density at radius 1 is 1.13 bits per heavy atom. The number of aromatic amines is 1. The predicted molar refractivity (Wildman–Crippen MR) is 121 cm³/mol. The van der Waals surface area contributed by atoms with E-state index in [9.17, 15) is 10.1 Å². The zero-order chi connectivity index (χ0) is 20.9. The maximum absolute atomic E-state index is 10.8. The number of nitrogens with one attached hydrogen (secondary N) is 1. The van der Waals surface area contributed by atoms with Gasteiger partial charge in [-0.3, -0.25) is 10.1 Å². The summed E-state index contributed by atoms with van der Waals surface area (Å²) < 4.78 is 8.27. The maximum atomic E-state index is 10.8. The number of nitro groups is 1. The third-order valence-electron chi connectivity index (χ3n) is 5.28. The van der Waals surface area contributed by atoms with Gasteiger partial charge in [-0.25, -0.2) is 4.31 Å². The summed E-state index contributed by atoms with van der Waals surface area (Å²) in [6.45, 7) is 4.19. The molecule has 9 heteroatoms. The number of aromatic nitrogens is 1. The fourth-order valence-electron chi connectivity index (χ4n) is 3.64. The highest BCUT2D eigenvalue weighted by molar-refractivity contribution is 7.96. The first-order valence-electron chi connectivity index (χ1n) is 9.94. The van der Waals surface area contributed by atoms with Crippen LogP contribution >= 0.6 is 11.9 Å². The molecule has 1 aromatic heterocycles. The fraction of sp³-hybridized carbons (Fsp3) is 0.333. The van der Waals surface area contributed by atoms with E-state index in [2.05, 4.69) is 20.3 Å². The summed E-state index contributed by atoms with van der Waals surface area (Å²) in [5, 5.41) is 12.0. The second kappa shape index (κ2) is 9.38. The van der Waals surface area contributed by atoms with Gasteiger partial charge >= 0.3 is 0 Å². The zero-order valence-corrected chi connectivity index (χ0v) is 17.4. The lowest BCUT2D eigenvalue weighted by Gasteiger charge is -2.35. The van der Waals surface area contributed by atoms with Gasteiger partial charge in [0.15, 0.2) is 0 Å². The molecule has 1 saturated heterocycles. The van der Waals surface area contributed by atoms with Gasteiger partial charge < -0.3 is 20.4 Å². The lowest BCUT2D eigenvalue weighted by Crippen LogP contribution is -2.43. The van der Waals surface area contributed by atoms with Gasteiger partial charge in [0.1, 0.15) is 11.7 Å². The van der Waals surface area contributed by atoms with E-state index in [4.69, 9.17) is 10.5 Å². The molecule has 8 nitrogen and oxygen atoms in total. The molecule has 1 aliphatic heterocycles. The van der Waals surface area contributed by atoms with Crippen LogP contribution < -0.4 is 15.4 Å². The van der Waals surface area contributed by atoms with E-state index in [1.807, 2.05) is 30.5 Å². The summed E-state index contributed by atoms with van der Waals surface area (Å²) in [5.74, 6) is 1.41. The first-order chi connectivity index (χ1) is 14.6. The first-order valence-corrected chi connectivity index (χ1v) is 10.9. The third-order valence-corrected chi connectivity index (χ3v) is 6.23. The Labute approximate surface area is 179 Å². The van der Waals surface area contributed by atoms with Crippen LogP contribution in [0.15, 0.2) is 48.7 Å². The number of piperazine rings is 1. The van der Waals surface area contributed by atoms with Crippen LogP contribution in [-0.4, -0.2) is 52.9 Å². The van der Waals surface area contributed by atoms with Crippen molar-refractivity contribution in [3.63, 3.8) is 0 Å². The van der Waals surface area contributed by atoms with Gasteiger partial charge in [0, 0.05) is 61.1 Å². The minimum Gasteiger partial charge on any atom is -0.482 e. The van der Waals surface area contributed by atoms with Gasteiger partial charge in [-0.05, 0) is 60.8 Å². The van der Waals surface area contributed by atoms with Gasteiger partial charge in [-0.15, -0.1) is 0 Å². The van der Waals surface area contributed by atoms with Crippen molar-refractivity contribution in [2.24, 2.45) is 5.73 Å². The number of non-ortho nitro benzene ring substituents is 1. The molecule has 158 valence electrons. The minimum absolute atomic E-state index is 0.123. The van der Waals surface area contributed by atoms with Crippen molar-refractivity contribution in [1.29, 1.82) is 0 Å². The van der Waals surface area contributed by atoms with E-state index in [-0.39, 0.29) is 10.6 Å². The SMILES string of the molecule is NCCc1c[nH]c2ccc(OCSN3CCN(c4ccc([N+](=O)[O-])cc4)CC3)cc12. The van der Waals surface area contributed by atoms with Crippen molar-refractivity contribution >= 4 is 34.2 Å². The summed E-state index contributed by atoms with van der Waals surface area (Å²) in [6, 6.07) is 12.9. The average Bonchev–Trinajstić information content (AvgIpc) is 3.17. The largest absolute Gasteiger partial charge is 0.482 e. The topological polar surface area (TPSA) is 101 Å². The van der Waals surface area contributed by atoms with Crippen molar-refractivity contribution in [1.82, 2.24) is 9.29 Å². The summed E-state index contributed by atoms with van der Waals surface area (Å²) >= 11 is 1.69. The molecular formula is C21H25N5O3S. The van der Waals surface area contributed by atoms with Gasteiger partial charge in [-0.2, -0.15) is 0 Å². The number of nitrogens with two attached hydrogens (primary N) is 1. The number of ether oxygens (including phenoxy) is 1. The molecule has 0 spiro atoms. The third kappa shape index (κ3) is 4.69. The highest BCUT2D eigenvalue weighted by atomic mass is 32.2. The van der Waals surface area contributed by atoms with Crippen LogP contribution in [0.4, 0.5) is 11.4 Å². The Bertz CT molecular complexity index is 1000. The van der Waals surface area contributed by atoms with Crippen molar-refractivity contribution in [2.45, 2.75) is 6.42 Å². The van der Waals surface area contributed by atoms with Crippen molar-refractivity contribution in [3.8, 4) is 5.75 Å². The standard InChI is InChI=1S/C21H25N5O3S/c22-8-7-16-14-23-21-6-5-19(13-20(16)21)29-15-30-25-11-9-24(10-12-25)17-1-3-18(4-2-17)26(27)28/h1-6,13-14,23H,7-12,15,22H2. The lowest BCUT2D eigenvalue weighted by atomic mass is 10.1. The quantitative estimate of drug-likeness (QED) is 0.246. The number of hydrogen-bond acceptors (Lipinski definition) is 7. The van der Waals surface area contributed by atoms with Crippen LogP contribution in [0.2, 0.25) is 0 Å². The molecule has 30 heavy (non-hydrogen) atoms.